The molecule has 1 aliphatic carbocycles. The average molecular weight is 335 g/mol. The van der Waals surface area contributed by atoms with Crippen LogP contribution in [0.1, 0.15) is 29.0 Å². The van der Waals surface area contributed by atoms with Crippen LogP contribution in [0.15, 0.2) is 64.3 Å². The Bertz CT molecular complexity index is 885. The van der Waals surface area contributed by atoms with Crippen molar-refractivity contribution in [2.75, 3.05) is 0 Å². The van der Waals surface area contributed by atoms with Crippen LogP contribution in [-0.2, 0) is 25.9 Å². The van der Waals surface area contributed by atoms with Gasteiger partial charge in [0, 0.05) is 30.2 Å². The molecule has 0 saturated carbocycles. The van der Waals surface area contributed by atoms with Crippen molar-refractivity contribution in [3.05, 3.63) is 88.0 Å². The number of hydrogen-bond donors (Lipinski definition) is 1. The zero-order chi connectivity index (χ0) is 17.1. The van der Waals surface area contributed by atoms with Gasteiger partial charge < -0.3 is 14.3 Å². The number of aromatic nitrogens is 2. The van der Waals surface area contributed by atoms with Gasteiger partial charge in [-0.05, 0) is 54.7 Å². The molecule has 1 aliphatic rings. The molecule has 3 aromatic heterocycles. The molecule has 1 atom stereocenters. The first-order valence-electron chi connectivity index (χ1n) is 8.66. The molecule has 5 nitrogen and oxygen atoms in total. The van der Waals surface area contributed by atoms with Gasteiger partial charge >= 0.3 is 0 Å². The summed E-state index contributed by atoms with van der Waals surface area (Å²) >= 11 is 0. The third-order valence-corrected chi connectivity index (χ3v) is 4.82. The minimum atomic E-state index is 0.0672. The van der Waals surface area contributed by atoms with Gasteiger partial charge in [0.25, 0.3) is 5.56 Å². The van der Waals surface area contributed by atoms with Crippen LogP contribution in [0.5, 0.6) is 0 Å². The SMILES string of the molecule is O=c1ccc2c(n1Cc1ccncc1)CC[C@@H](NCc1ccco1)C2. The van der Waals surface area contributed by atoms with Crippen molar-refractivity contribution >= 4 is 0 Å². The predicted octanol–water partition coefficient (Wildman–Crippen LogP) is 2.53. The summed E-state index contributed by atoms with van der Waals surface area (Å²) in [6.07, 6.45) is 8.10. The van der Waals surface area contributed by atoms with E-state index < -0.39 is 0 Å². The van der Waals surface area contributed by atoms with Crippen LogP contribution in [0.4, 0.5) is 0 Å². The Hall–Kier alpha value is -2.66. The van der Waals surface area contributed by atoms with Gasteiger partial charge in [0.2, 0.25) is 0 Å². The highest BCUT2D eigenvalue weighted by atomic mass is 16.3. The maximum Gasteiger partial charge on any atom is 0.251 e. The standard InChI is InChI=1S/C20H21N3O2/c24-20-6-3-16-12-17(22-13-18-2-1-11-25-18)4-5-19(16)23(20)14-15-7-9-21-10-8-15/h1-3,6-11,17,22H,4-5,12-14H2/t17-/m1/s1. The third-order valence-electron chi connectivity index (χ3n) is 4.82. The molecule has 0 aliphatic heterocycles. The largest absolute Gasteiger partial charge is 0.468 e. The monoisotopic (exact) mass is 335 g/mol. The second kappa shape index (κ2) is 7.07. The number of nitrogens with zero attached hydrogens (tertiary/aromatic N) is 2. The van der Waals surface area contributed by atoms with Crippen molar-refractivity contribution in [1.29, 1.82) is 0 Å². The van der Waals surface area contributed by atoms with Crippen LogP contribution in [0, 0.1) is 0 Å². The van der Waals surface area contributed by atoms with E-state index in [9.17, 15) is 4.79 Å². The van der Waals surface area contributed by atoms with E-state index in [0.717, 1.165) is 37.1 Å². The van der Waals surface area contributed by atoms with Crippen molar-refractivity contribution < 1.29 is 4.42 Å². The fourth-order valence-electron chi connectivity index (χ4n) is 3.50. The van der Waals surface area contributed by atoms with E-state index in [0.29, 0.717) is 12.6 Å². The highest BCUT2D eigenvalue weighted by Crippen LogP contribution is 2.21. The van der Waals surface area contributed by atoms with Crippen LogP contribution < -0.4 is 10.9 Å². The molecular weight excluding hydrogens is 314 g/mol. The maximum absolute atomic E-state index is 12.4. The molecule has 4 rings (SSSR count). The van der Waals surface area contributed by atoms with Crippen LogP contribution in [0.2, 0.25) is 0 Å². The molecular formula is C20H21N3O2. The Morgan fingerprint density at radius 2 is 2.08 bits per heavy atom. The summed E-state index contributed by atoms with van der Waals surface area (Å²) in [7, 11) is 0. The van der Waals surface area contributed by atoms with E-state index in [2.05, 4.69) is 10.3 Å². The summed E-state index contributed by atoms with van der Waals surface area (Å²) in [6.45, 7) is 1.35. The Morgan fingerprint density at radius 1 is 1.20 bits per heavy atom. The van der Waals surface area contributed by atoms with E-state index in [1.165, 1.54) is 11.3 Å². The molecule has 3 aromatic rings. The van der Waals surface area contributed by atoms with Gasteiger partial charge in [0.05, 0.1) is 19.4 Å². The molecule has 0 unspecified atom stereocenters. The highest BCUT2D eigenvalue weighted by molar-refractivity contribution is 5.27. The summed E-state index contributed by atoms with van der Waals surface area (Å²) in [4.78, 5) is 16.4. The number of rotatable bonds is 5. The van der Waals surface area contributed by atoms with E-state index in [4.69, 9.17) is 4.42 Å². The van der Waals surface area contributed by atoms with Crippen LogP contribution in [-0.4, -0.2) is 15.6 Å². The van der Waals surface area contributed by atoms with Crippen molar-refractivity contribution in [3.63, 3.8) is 0 Å². The molecule has 0 spiro atoms. The van der Waals surface area contributed by atoms with E-state index >= 15 is 0 Å². The summed E-state index contributed by atoms with van der Waals surface area (Å²) < 4.78 is 7.29. The lowest BCUT2D eigenvalue weighted by Gasteiger charge is -2.27. The van der Waals surface area contributed by atoms with Gasteiger partial charge in [-0.25, -0.2) is 0 Å². The smallest absolute Gasteiger partial charge is 0.251 e. The van der Waals surface area contributed by atoms with Crippen molar-refractivity contribution in [2.45, 2.75) is 38.4 Å². The molecule has 0 fully saturated rings. The molecule has 0 radical (unpaired) electrons. The lowest BCUT2D eigenvalue weighted by atomic mass is 9.91. The van der Waals surface area contributed by atoms with E-state index in [-0.39, 0.29) is 5.56 Å². The van der Waals surface area contributed by atoms with Gasteiger partial charge in [0.15, 0.2) is 0 Å². The maximum atomic E-state index is 12.4. The van der Waals surface area contributed by atoms with Gasteiger partial charge in [0.1, 0.15) is 5.76 Å². The molecule has 3 heterocycles. The first kappa shape index (κ1) is 15.8. The molecule has 0 bridgehead atoms. The zero-order valence-electron chi connectivity index (χ0n) is 14.0. The molecule has 128 valence electrons. The lowest BCUT2D eigenvalue weighted by Crippen LogP contribution is -2.37. The van der Waals surface area contributed by atoms with Gasteiger partial charge in [-0.2, -0.15) is 0 Å². The minimum absolute atomic E-state index is 0.0672. The summed E-state index contributed by atoms with van der Waals surface area (Å²) in [5.41, 5.74) is 3.60. The summed E-state index contributed by atoms with van der Waals surface area (Å²) in [5.74, 6) is 0.952. The number of nitrogens with one attached hydrogen (secondary N) is 1. The minimum Gasteiger partial charge on any atom is -0.468 e. The molecule has 25 heavy (non-hydrogen) atoms. The topological polar surface area (TPSA) is 60.1 Å². The fourth-order valence-corrected chi connectivity index (χ4v) is 3.50. The second-order valence-electron chi connectivity index (χ2n) is 6.49. The van der Waals surface area contributed by atoms with Gasteiger partial charge in [-0.1, -0.05) is 6.07 Å². The zero-order valence-corrected chi connectivity index (χ0v) is 14.0. The second-order valence-corrected chi connectivity index (χ2v) is 6.49. The first-order chi connectivity index (χ1) is 12.3. The quantitative estimate of drug-likeness (QED) is 0.778. The van der Waals surface area contributed by atoms with Gasteiger partial charge in [-0.3, -0.25) is 9.78 Å². The third kappa shape index (κ3) is 3.56. The van der Waals surface area contributed by atoms with Gasteiger partial charge in [-0.15, -0.1) is 0 Å². The van der Waals surface area contributed by atoms with Crippen molar-refractivity contribution in [1.82, 2.24) is 14.9 Å². The Kier molecular flexibility index (Phi) is 4.48. The molecule has 5 heteroatoms. The van der Waals surface area contributed by atoms with Crippen LogP contribution in [0.3, 0.4) is 0 Å². The van der Waals surface area contributed by atoms with Crippen molar-refractivity contribution in [3.8, 4) is 0 Å². The molecule has 0 amide bonds. The average Bonchev–Trinajstić information content (AvgIpc) is 3.17. The number of furan rings is 1. The van der Waals surface area contributed by atoms with Crippen LogP contribution in [0.25, 0.3) is 0 Å². The number of hydrogen-bond acceptors (Lipinski definition) is 4. The summed E-state index contributed by atoms with van der Waals surface area (Å²) in [5, 5.41) is 3.56. The van der Waals surface area contributed by atoms with Crippen LogP contribution >= 0.6 is 0 Å². The number of pyridine rings is 2. The van der Waals surface area contributed by atoms with E-state index in [1.807, 2.05) is 34.9 Å². The van der Waals surface area contributed by atoms with E-state index in [1.54, 1.807) is 24.7 Å². The predicted molar refractivity (Wildman–Crippen MR) is 95.4 cm³/mol. The molecule has 0 saturated heterocycles. The lowest BCUT2D eigenvalue weighted by molar-refractivity contribution is 0.408. The summed E-state index contributed by atoms with van der Waals surface area (Å²) in [6, 6.07) is 11.9. The fraction of sp³-hybridized carbons (Fsp3) is 0.300. The highest BCUT2D eigenvalue weighted by Gasteiger charge is 2.21. The Balaban J connectivity index is 1.51. The molecule has 0 aromatic carbocycles. The van der Waals surface area contributed by atoms with Crippen molar-refractivity contribution in [2.24, 2.45) is 0 Å². The number of fused-ring (bicyclic) bond motifs is 1. The Labute approximate surface area is 146 Å². The Morgan fingerprint density at radius 3 is 2.88 bits per heavy atom. The first-order valence-corrected chi connectivity index (χ1v) is 8.66. The molecule has 1 N–H and O–H groups in total. The normalized spacial score (nSPS) is 16.6.